The third kappa shape index (κ3) is 3.23. The first kappa shape index (κ1) is 18.8. The molecule has 0 aliphatic carbocycles. The Morgan fingerprint density at radius 3 is 2.50 bits per heavy atom. The number of nitrogens with one attached hydrogen (secondary N) is 1. The van der Waals surface area contributed by atoms with E-state index in [0.29, 0.717) is 9.99 Å². The summed E-state index contributed by atoms with van der Waals surface area (Å²) >= 11 is 20.9. The summed E-state index contributed by atoms with van der Waals surface area (Å²) in [7, 11) is 0. The summed E-state index contributed by atoms with van der Waals surface area (Å²) in [5.74, 6) is -2.40. The van der Waals surface area contributed by atoms with E-state index in [1.807, 2.05) is 0 Å². The van der Waals surface area contributed by atoms with E-state index in [-0.39, 0.29) is 37.8 Å². The molecule has 1 aromatic carbocycles. The summed E-state index contributed by atoms with van der Waals surface area (Å²) in [6.45, 7) is 0. The van der Waals surface area contributed by atoms with Gasteiger partial charge in [0.15, 0.2) is 16.5 Å². The SMILES string of the molecule is O=C(O)c1nc(Cl)c(Cl)c(N=Nc2c(O)[nH]c3c(Br)cc(F)cc23)c1Cl. The number of H-pyrrole nitrogens is 1. The van der Waals surface area contributed by atoms with Crippen molar-refractivity contribution in [2.45, 2.75) is 0 Å². The molecule has 0 spiro atoms. The number of nitrogens with zero attached hydrogens (tertiary/aromatic N) is 3. The van der Waals surface area contributed by atoms with Crippen molar-refractivity contribution in [1.29, 1.82) is 0 Å². The van der Waals surface area contributed by atoms with E-state index < -0.39 is 17.5 Å². The highest BCUT2D eigenvalue weighted by Gasteiger charge is 2.21. The van der Waals surface area contributed by atoms with Gasteiger partial charge in [0.1, 0.15) is 21.5 Å². The standard InChI is InChI=1S/C14H5BrCl3FN4O3/c15-5-2-3(19)1-4-8(5)21-13(24)9(4)22-23-10-6(16)11(14(25)26)20-12(18)7(10)17/h1-2,21,24H,(H,25,26). The summed E-state index contributed by atoms with van der Waals surface area (Å²) in [4.78, 5) is 17.3. The fourth-order valence-corrected chi connectivity index (χ4v) is 3.31. The molecule has 0 unspecified atom stereocenters. The van der Waals surface area contributed by atoms with Gasteiger partial charge in [-0.1, -0.05) is 34.8 Å². The van der Waals surface area contributed by atoms with Crippen LogP contribution in [-0.4, -0.2) is 26.2 Å². The Morgan fingerprint density at radius 2 is 1.85 bits per heavy atom. The molecular formula is C14H5BrCl3FN4O3. The van der Waals surface area contributed by atoms with Gasteiger partial charge in [0, 0.05) is 9.86 Å². The van der Waals surface area contributed by atoms with Gasteiger partial charge in [-0.05, 0) is 28.1 Å². The van der Waals surface area contributed by atoms with Gasteiger partial charge in [-0.15, -0.1) is 10.2 Å². The maximum Gasteiger partial charge on any atom is 0.356 e. The summed E-state index contributed by atoms with van der Waals surface area (Å²) in [5, 5.41) is 26.0. The third-order valence-corrected chi connectivity index (χ3v) is 4.96. The minimum Gasteiger partial charge on any atom is -0.493 e. The van der Waals surface area contributed by atoms with Crippen molar-refractivity contribution in [2.24, 2.45) is 10.2 Å². The molecule has 3 N–H and O–H groups in total. The van der Waals surface area contributed by atoms with E-state index in [2.05, 4.69) is 36.1 Å². The molecule has 12 heteroatoms. The van der Waals surface area contributed by atoms with Gasteiger partial charge in [-0.25, -0.2) is 14.2 Å². The van der Waals surface area contributed by atoms with Gasteiger partial charge in [-0.3, -0.25) is 0 Å². The van der Waals surface area contributed by atoms with Crippen LogP contribution in [0.1, 0.15) is 10.5 Å². The minimum atomic E-state index is -1.44. The van der Waals surface area contributed by atoms with Crippen LogP contribution in [0.15, 0.2) is 26.8 Å². The molecule has 2 aromatic heterocycles. The molecule has 0 radical (unpaired) electrons. The predicted octanol–water partition coefficient (Wildman–Crippen LogP) is 6.24. The fraction of sp³-hybridized carbons (Fsp3) is 0. The van der Waals surface area contributed by atoms with Crippen LogP contribution in [0.3, 0.4) is 0 Å². The van der Waals surface area contributed by atoms with E-state index >= 15 is 0 Å². The Labute approximate surface area is 167 Å². The Bertz CT molecular complexity index is 1100. The normalized spacial score (nSPS) is 11.6. The number of pyridine rings is 1. The molecule has 3 aromatic rings. The molecule has 0 amide bonds. The molecule has 0 aliphatic heterocycles. The molecule has 0 atom stereocenters. The minimum absolute atomic E-state index is 0.0999. The van der Waals surface area contributed by atoms with Crippen LogP contribution in [0, 0.1) is 5.82 Å². The molecule has 26 heavy (non-hydrogen) atoms. The number of halogens is 5. The number of aromatic carboxylic acids is 1. The number of benzene rings is 1. The van der Waals surface area contributed by atoms with Crippen LogP contribution >= 0.6 is 50.7 Å². The molecule has 134 valence electrons. The first-order chi connectivity index (χ1) is 12.2. The number of fused-ring (bicyclic) bond motifs is 1. The number of aromatic nitrogens is 2. The van der Waals surface area contributed by atoms with Crippen LogP contribution in [-0.2, 0) is 0 Å². The van der Waals surface area contributed by atoms with Gasteiger partial charge in [0.25, 0.3) is 0 Å². The average molecular weight is 482 g/mol. The second-order valence-corrected chi connectivity index (χ2v) is 6.83. The summed E-state index contributed by atoms with van der Waals surface area (Å²) in [5.41, 5.74) is -0.534. The lowest BCUT2D eigenvalue weighted by atomic mass is 10.2. The summed E-state index contributed by atoms with van der Waals surface area (Å²) < 4.78 is 14.0. The highest BCUT2D eigenvalue weighted by Crippen LogP contribution is 2.43. The largest absolute Gasteiger partial charge is 0.493 e. The van der Waals surface area contributed by atoms with Gasteiger partial charge in [-0.2, -0.15) is 0 Å². The molecule has 0 saturated carbocycles. The van der Waals surface area contributed by atoms with E-state index in [1.165, 1.54) is 6.07 Å². The number of carboxylic acid groups (broad SMARTS) is 1. The van der Waals surface area contributed by atoms with Crippen molar-refractivity contribution < 1.29 is 19.4 Å². The van der Waals surface area contributed by atoms with Crippen molar-refractivity contribution in [3.05, 3.63) is 43.3 Å². The molecule has 3 rings (SSSR count). The molecule has 7 nitrogen and oxygen atoms in total. The van der Waals surface area contributed by atoms with Gasteiger partial charge >= 0.3 is 5.97 Å². The van der Waals surface area contributed by atoms with Crippen molar-refractivity contribution >= 4 is 79.0 Å². The zero-order valence-electron chi connectivity index (χ0n) is 12.2. The zero-order valence-corrected chi connectivity index (χ0v) is 16.0. The van der Waals surface area contributed by atoms with E-state index in [4.69, 9.17) is 39.9 Å². The first-order valence-corrected chi connectivity index (χ1v) is 8.52. The number of rotatable bonds is 3. The monoisotopic (exact) mass is 480 g/mol. The Kier molecular flexibility index (Phi) is 5.07. The number of hydrogen-bond donors (Lipinski definition) is 3. The third-order valence-electron chi connectivity index (χ3n) is 3.25. The van der Waals surface area contributed by atoms with Crippen molar-refractivity contribution in [1.82, 2.24) is 9.97 Å². The van der Waals surface area contributed by atoms with E-state index in [0.717, 1.165) is 6.07 Å². The second-order valence-electron chi connectivity index (χ2n) is 4.87. The first-order valence-electron chi connectivity index (χ1n) is 6.60. The number of azo groups is 1. The van der Waals surface area contributed by atoms with Crippen molar-refractivity contribution in [3.8, 4) is 5.88 Å². The van der Waals surface area contributed by atoms with Gasteiger partial charge < -0.3 is 15.2 Å². The smallest absolute Gasteiger partial charge is 0.356 e. The average Bonchev–Trinajstić information content (AvgIpc) is 2.87. The van der Waals surface area contributed by atoms with Crippen LogP contribution in [0.4, 0.5) is 15.8 Å². The van der Waals surface area contributed by atoms with Gasteiger partial charge in [0.2, 0.25) is 5.88 Å². The predicted molar refractivity (Wildman–Crippen MR) is 98.0 cm³/mol. The van der Waals surface area contributed by atoms with Crippen molar-refractivity contribution in [3.63, 3.8) is 0 Å². The number of carboxylic acids is 1. The lowest BCUT2D eigenvalue weighted by molar-refractivity contribution is 0.0690. The Hall–Kier alpha value is -1.94. The number of aromatic amines is 1. The van der Waals surface area contributed by atoms with Gasteiger partial charge in [0.05, 0.1) is 5.52 Å². The number of carbonyl (C=O) groups is 1. The quantitative estimate of drug-likeness (QED) is 0.303. The summed E-state index contributed by atoms with van der Waals surface area (Å²) in [6, 6.07) is 2.34. The molecule has 2 heterocycles. The topological polar surface area (TPSA) is 111 Å². The van der Waals surface area contributed by atoms with Crippen LogP contribution < -0.4 is 0 Å². The zero-order chi connectivity index (χ0) is 19.2. The van der Waals surface area contributed by atoms with Crippen LogP contribution in [0.5, 0.6) is 5.88 Å². The fourth-order valence-electron chi connectivity index (χ4n) is 2.13. The highest BCUT2D eigenvalue weighted by atomic mass is 79.9. The van der Waals surface area contributed by atoms with E-state index in [9.17, 15) is 14.3 Å². The summed E-state index contributed by atoms with van der Waals surface area (Å²) in [6.07, 6.45) is 0. The lowest BCUT2D eigenvalue weighted by Crippen LogP contribution is -2.02. The number of aromatic hydroxyl groups is 1. The molecule has 0 bridgehead atoms. The van der Waals surface area contributed by atoms with Crippen LogP contribution in [0.2, 0.25) is 15.2 Å². The molecule has 0 aliphatic rings. The Balaban J connectivity index is 2.19. The number of hydrogen-bond acceptors (Lipinski definition) is 5. The molecule has 0 saturated heterocycles. The highest BCUT2D eigenvalue weighted by molar-refractivity contribution is 9.10. The maximum absolute atomic E-state index is 13.6. The maximum atomic E-state index is 13.6. The molecular weight excluding hydrogens is 477 g/mol. The Morgan fingerprint density at radius 1 is 1.19 bits per heavy atom. The van der Waals surface area contributed by atoms with Crippen molar-refractivity contribution in [2.75, 3.05) is 0 Å². The second kappa shape index (κ2) is 6.99. The molecule has 0 fully saturated rings. The lowest BCUT2D eigenvalue weighted by Gasteiger charge is -2.05. The van der Waals surface area contributed by atoms with E-state index in [1.54, 1.807) is 0 Å². The van der Waals surface area contributed by atoms with Crippen LogP contribution in [0.25, 0.3) is 10.9 Å².